The monoisotopic (exact) mass is 345 g/mol. The van der Waals surface area contributed by atoms with Gasteiger partial charge in [-0.1, -0.05) is 35.9 Å². The molecule has 0 aromatic carbocycles. The highest BCUT2D eigenvalue weighted by atomic mass is 15.1. The lowest BCUT2D eigenvalue weighted by molar-refractivity contribution is 0.619. The predicted octanol–water partition coefficient (Wildman–Crippen LogP) is 4.66. The molecule has 0 spiro atoms. The molecule has 1 heterocycles. The molecule has 0 amide bonds. The van der Waals surface area contributed by atoms with Crippen LogP contribution in [0.3, 0.4) is 0 Å². The Bertz CT molecular complexity index is 895. The maximum Gasteiger partial charge on any atom is 0.131 e. The molecule has 1 aromatic heterocycles. The first-order chi connectivity index (χ1) is 12.5. The summed E-state index contributed by atoms with van der Waals surface area (Å²) in [6.07, 6.45) is 2.69. The lowest BCUT2D eigenvalue weighted by Gasteiger charge is -2.17. The highest BCUT2D eigenvalue weighted by Crippen LogP contribution is 2.34. The number of nitrogens with zero attached hydrogens (tertiary/aromatic N) is 3. The molecule has 1 aromatic rings. The Morgan fingerprint density at radius 3 is 2.46 bits per heavy atom. The van der Waals surface area contributed by atoms with Crippen LogP contribution >= 0.6 is 0 Å². The zero-order valence-electron chi connectivity index (χ0n) is 16.4. The van der Waals surface area contributed by atoms with Crippen LogP contribution in [0.2, 0.25) is 0 Å². The summed E-state index contributed by atoms with van der Waals surface area (Å²) in [5.41, 5.74) is 8.80. The van der Waals surface area contributed by atoms with E-state index in [-0.39, 0.29) is 0 Å². The van der Waals surface area contributed by atoms with Gasteiger partial charge in [-0.3, -0.25) is 9.98 Å². The topological polar surface area (TPSA) is 28.5 Å². The van der Waals surface area contributed by atoms with Crippen LogP contribution in [0, 0.1) is 20.8 Å². The highest BCUT2D eigenvalue weighted by molar-refractivity contribution is 6.06. The van der Waals surface area contributed by atoms with Crippen molar-refractivity contribution in [1.82, 2.24) is 9.88 Å². The summed E-state index contributed by atoms with van der Waals surface area (Å²) >= 11 is 0. The lowest BCUT2D eigenvalue weighted by Crippen LogP contribution is -2.24. The SMILES string of the molecule is Cc1cc(C)c2ccc(C(=NCCc3ccccn3)N(C)C)c-2c(C)c1. The van der Waals surface area contributed by atoms with Crippen LogP contribution in [-0.2, 0) is 6.42 Å². The minimum Gasteiger partial charge on any atom is -0.363 e. The van der Waals surface area contributed by atoms with Gasteiger partial charge < -0.3 is 4.90 Å². The molecule has 134 valence electrons. The maximum absolute atomic E-state index is 4.93. The molecule has 0 unspecified atom stereocenters. The zero-order chi connectivity index (χ0) is 18.7. The van der Waals surface area contributed by atoms with Crippen molar-refractivity contribution in [3.05, 3.63) is 76.6 Å². The van der Waals surface area contributed by atoms with Gasteiger partial charge >= 0.3 is 0 Å². The van der Waals surface area contributed by atoms with Crippen molar-refractivity contribution >= 4 is 5.84 Å². The van der Waals surface area contributed by atoms with Crippen LogP contribution in [0.4, 0.5) is 0 Å². The minimum absolute atomic E-state index is 0.729. The molecule has 0 fully saturated rings. The Morgan fingerprint density at radius 2 is 1.77 bits per heavy atom. The molecule has 2 aliphatic rings. The molecule has 3 heteroatoms. The smallest absolute Gasteiger partial charge is 0.131 e. The summed E-state index contributed by atoms with van der Waals surface area (Å²) in [4.78, 5) is 11.4. The van der Waals surface area contributed by atoms with E-state index >= 15 is 0 Å². The average molecular weight is 345 g/mol. The molecule has 0 aliphatic heterocycles. The third kappa shape index (κ3) is 3.77. The third-order valence-corrected chi connectivity index (χ3v) is 4.68. The van der Waals surface area contributed by atoms with Gasteiger partial charge in [0.2, 0.25) is 0 Å². The molecule has 26 heavy (non-hydrogen) atoms. The van der Waals surface area contributed by atoms with Gasteiger partial charge in [-0.25, -0.2) is 0 Å². The number of amidine groups is 1. The van der Waals surface area contributed by atoms with Crippen LogP contribution in [0.15, 0.2) is 53.7 Å². The Hall–Kier alpha value is -2.68. The predicted molar refractivity (Wildman–Crippen MR) is 110 cm³/mol. The third-order valence-electron chi connectivity index (χ3n) is 4.68. The molecule has 0 atom stereocenters. The van der Waals surface area contributed by atoms with Gasteiger partial charge in [-0.05, 0) is 55.2 Å². The molecular formula is C23H27N3. The van der Waals surface area contributed by atoms with Gasteiger partial charge in [-0.2, -0.15) is 0 Å². The van der Waals surface area contributed by atoms with Gasteiger partial charge in [0.05, 0.1) is 0 Å². The van der Waals surface area contributed by atoms with Gasteiger partial charge in [0.15, 0.2) is 0 Å². The Kier molecular flexibility index (Phi) is 5.36. The Labute approximate surface area is 156 Å². The summed E-state index contributed by atoms with van der Waals surface area (Å²) in [6, 6.07) is 15.0. The van der Waals surface area contributed by atoms with Crippen LogP contribution < -0.4 is 0 Å². The van der Waals surface area contributed by atoms with E-state index in [1.807, 2.05) is 18.3 Å². The van der Waals surface area contributed by atoms with E-state index in [1.54, 1.807) is 0 Å². The van der Waals surface area contributed by atoms with Gasteiger partial charge in [0.25, 0.3) is 0 Å². The number of pyridine rings is 1. The largest absolute Gasteiger partial charge is 0.363 e. The number of aromatic nitrogens is 1. The number of fused-ring (bicyclic) bond motifs is 1. The fraction of sp³-hybridized carbons (Fsp3) is 0.304. The lowest BCUT2D eigenvalue weighted by atomic mass is 10.0. The molecule has 0 saturated carbocycles. The first-order valence-electron chi connectivity index (χ1n) is 9.10. The molecule has 0 N–H and O–H groups in total. The van der Waals surface area contributed by atoms with E-state index in [2.05, 4.69) is 75.1 Å². The summed E-state index contributed by atoms with van der Waals surface area (Å²) in [7, 11) is 4.13. The summed E-state index contributed by atoms with van der Waals surface area (Å²) in [6.45, 7) is 7.27. The Balaban J connectivity index is 1.98. The van der Waals surface area contributed by atoms with Gasteiger partial charge in [0, 0.05) is 44.5 Å². The summed E-state index contributed by atoms with van der Waals surface area (Å²) in [5, 5.41) is 0. The maximum atomic E-state index is 4.93. The molecule has 0 saturated heterocycles. The second kappa shape index (κ2) is 7.69. The standard InChI is InChI=1S/C23H27N3/c1-16-14-17(2)20-9-10-21(22(20)18(3)15-16)23(26(4)5)25-13-11-19-8-6-7-12-24-19/h6-10,12,14-15H,11,13H2,1-5H3. The van der Waals surface area contributed by atoms with E-state index in [4.69, 9.17) is 4.99 Å². The van der Waals surface area contributed by atoms with Crippen LogP contribution in [0.5, 0.6) is 0 Å². The van der Waals surface area contributed by atoms with E-state index in [0.717, 1.165) is 24.5 Å². The molecule has 3 rings (SSSR count). The summed E-state index contributed by atoms with van der Waals surface area (Å²) in [5.74, 6) is 1.03. The first-order valence-corrected chi connectivity index (χ1v) is 9.10. The van der Waals surface area contributed by atoms with Crippen LogP contribution in [0.1, 0.15) is 27.9 Å². The van der Waals surface area contributed by atoms with Crippen molar-refractivity contribution in [2.24, 2.45) is 4.99 Å². The first kappa shape index (κ1) is 18.1. The normalized spacial score (nSPS) is 11.8. The van der Waals surface area contributed by atoms with Gasteiger partial charge in [-0.15, -0.1) is 0 Å². The van der Waals surface area contributed by atoms with Crippen LogP contribution in [-0.4, -0.2) is 36.4 Å². The number of aliphatic imine (C=N–C) groups is 1. The molecular weight excluding hydrogens is 318 g/mol. The Morgan fingerprint density at radius 1 is 1.00 bits per heavy atom. The highest BCUT2D eigenvalue weighted by Gasteiger charge is 2.18. The van der Waals surface area contributed by atoms with Crippen LogP contribution in [0.25, 0.3) is 11.1 Å². The quantitative estimate of drug-likeness (QED) is 0.508. The number of hydrogen-bond acceptors (Lipinski definition) is 2. The minimum atomic E-state index is 0.729. The zero-order valence-corrected chi connectivity index (χ0v) is 16.4. The fourth-order valence-electron chi connectivity index (χ4n) is 3.58. The number of aryl methyl sites for hydroxylation is 3. The number of rotatable bonds is 4. The average Bonchev–Trinajstić information content (AvgIpc) is 2.99. The van der Waals surface area contributed by atoms with E-state index in [1.165, 1.54) is 33.4 Å². The molecule has 0 bridgehead atoms. The molecule has 3 nitrogen and oxygen atoms in total. The van der Waals surface area contributed by atoms with E-state index < -0.39 is 0 Å². The van der Waals surface area contributed by atoms with Crippen molar-refractivity contribution in [1.29, 1.82) is 0 Å². The van der Waals surface area contributed by atoms with Crippen molar-refractivity contribution in [3.63, 3.8) is 0 Å². The van der Waals surface area contributed by atoms with E-state index in [0.29, 0.717) is 0 Å². The second-order valence-electron chi connectivity index (χ2n) is 7.11. The van der Waals surface area contributed by atoms with Gasteiger partial charge in [0.1, 0.15) is 5.84 Å². The molecule has 2 aliphatic carbocycles. The van der Waals surface area contributed by atoms with Crippen molar-refractivity contribution < 1.29 is 0 Å². The molecule has 0 radical (unpaired) electrons. The summed E-state index contributed by atoms with van der Waals surface area (Å²) < 4.78 is 0. The number of hydrogen-bond donors (Lipinski definition) is 0. The van der Waals surface area contributed by atoms with Crippen molar-refractivity contribution in [3.8, 4) is 11.1 Å². The van der Waals surface area contributed by atoms with Crippen molar-refractivity contribution in [2.45, 2.75) is 27.2 Å². The fourth-order valence-corrected chi connectivity index (χ4v) is 3.58. The van der Waals surface area contributed by atoms with E-state index in [9.17, 15) is 0 Å². The van der Waals surface area contributed by atoms with Crippen molar-refractivity contribution in [2.75, 3.05) is 20.6 Å². The second-order valence-corrected chi connectivity index (χ2v) is 7.11.